The van der Waals surface area contributed by atoms with E-state index in [0.717, 1.165) is 31.4 Å². The van der Waals surface area contributed by atoms with Gasteiger partial charge < -0.3 is 14.4 Å². The maximum atomic E-state index is 13.4. The Bertz CT molecular complexity index is 1240. The van der Waals surface area contributed by atoms with Gasteiger partial charge >= 0.3 is 0 Å². The molecule has 0 bridgehead atoms. The number of thioether (sulfide) groups is 1. The Morgan fingerprint density at radius 2 is 2.00 bits per heavy atom. The second-order valence-corrected chi connectivity index (χ2v) is 9.37. The van der Waals surface area contributed by atoms with Crippen LogP contribution in [0.5, 0.6) is 11.5 Å². The Morgan fingerprint density at radius 1 is 1.15 bits per heavy atom. The van der Waals surface area contributed by atoms with Crippen LogP contribution in [0.15, 0.2) is 52.4 Å². The summed E-state index contributed by atoms with van der Waals surface area (Å²) in [5, 5.41) is 1.12. The van der Waals surface area contributed by atoms with Gasteiger partial charge in [0.25, 0.3) is 5.56 Å². The molecule has 172 valence electrons. The first-order valence-corrected chi connectivity index (χ1v) is 12.4. The lowest BCUT2D eigenvalue weighted by molar-refractivity contribution is -0.132. The van der Waals surface area contributed by atoms with Gasteiger partial charge in [0, 0.05) is 12.6 Å². The number of likely N-dealkylation sites (tertiary alicyclic amines) is 1. The van der Waals surface area contributed by atoms with Crippen LogP contribution in [0.1, 0.15) is 38.2 Å². The van der Waals surface area contributed by atoms with E-state index in [1.54, 1.807) is 10.6 Å². The molecule has 0 radical (unpaired) electrons. The van der Waals surface area contributed by atoms with Gasteiger partial charge in [-0.05, 0) is 55.5 Å². The van der Waals surface area contributed by atoms with Crippen LogP contribution in [0.2, 0.25) is 0 Å². The molecular weight excluding hydrogens is 438 g/mol. The van der Waals surface area contributed by atoms with Crippen molar-refractivity contribution >= 4 is 28.6 Å². The molecule has 0 saturated carbocycles. The molecule has 1 fully saturated rings. The zero-order valence-corrected chi connectivity index (χ0v) is 19.5. The highest BCUT2D eigenvalue weighted by Gasteiger charge is 2.26. The Kier molecular flexibility index (Phi) is 6.26. The van der Waals surface area contributed by atoms with E-state index in [9.17, 15) is 9.59 Å². The third-order valence-electron chi connectivity index (χ3n) is 6.35. The number of carbonyl (C=O) groups is 1. The minimum absolute atomic E-state index is 0.113. The third-order valence-corrected chi connectivity index (χ3v) is 7.31. The van der Waals surface area contributed by atoms with Crippen LogP contribution in [-0.4, -0.2) is 45.5 Å². The Balaban J connectivity index is 1.44. The van der Waals surface area contributed by atoms with Gasteiger partial charge in [0.1, 0.15) is 0 Å². The van der Waals surface area contributed by atoms with Gasteiger partial charge in [0.2, 0.25) is 12.7 Å². The molecule has 1 amide bonds. The summed E-state index contributed by atoms with van der Waals surface area (Å²) in [6.45, 7) is 3.49. The standard InChI is InChI=1S/C25H27N3O4S/c1-2-18-7-5-6-12-27(18)23(29)15-33-25-26-20-9-4-3-8-19(20)24(30)28(25)14-17-10-11-21-22(13-17)32-16-31-21/h3-4,8-11,13,18H,2,5-7,12,14-16H2,1H3/t18-/m1/s1. The number of benzene rings is 2. The molecule has 1 atom stereocenters. The topological polar surface area (TPSA) is 73.7 Å². The van der Waals surface area contributed by atoms with Crippen molar-refractivity contribution in [1.82, 2.24) is 14.5 Å². The summed E-state index contributed by atoms with van der Waals surface area (Å²) in [7, 11) is 0. The molecule has 0 aliphatic carbocycles. The molecule has 3 aromatic rings. The number of rotatable bonds is 6. The summed E-state index contributed by atoms with van der Waals surface area (Å²) in [6, 6.07) is 13.3. The molecule has 2 aliphatic heterocycles. The van der Waals surface area contributed by atoms with Crippen LogP contribution >= 0.6 is 11.8 Å². The molecule has 5 rings (SSSR count). The van der Waals surface area contributed by atoms with Gasteiger partial charge in [-0.2, -0.15) is 0 Å². The first-order valence-electron chi connectivity index (χ1n) is 11.4. The number of hydrogen-bond donors (Lipinski definition) is 0. The second-order valence-electron chi connectivity index (χ2n) is 8.42. The number of hydrogen-bond acceptors (Lipinski definition) is 6. The lowest BCUT2D eigenvalue weighted by Crippen LogP contribution is -2.44. The summed E-state index contributed by atoms with van der Waals surface area (Å²) in [5.41, 5.74) is 1.44. The SMILES string of the molecule is CC[C@@H]1CCCCN1C(=O)CSc1nc2ccccc2c(=O)n1Cc1ccc2c(c1)OCO2. The zero-order chi connectivity index (χ0) is 22.8. The smallest absolute Gasteiger partial charge is 0.262 e. The minimum atomic E-state index is -0.113. The molecule has 2 aromatic carbocycles. The van der Waals surface area contributed by atoms with Crippen molar-refractivity contribution in [2.75, 3.05) is 19.1 Å². The molecule has 0 N–H and O–H groups in total. The number of aromatic nitrogens is 2. The van der Waals surface area contributed by atoms with Crippen molar-refractivity contribution < 1.29 is 14.3 Å². The van der Waals surface area contributed by atoms with Crippen molar-refractivity contribution in [1.29, 1.82) is 0 Å². The Labute approximate surface area is 196 Å². The van der Waals surface area contributed by atoms with Gasteiger partial charge in [0.15, 0.2) is 16.7 Å². The predicted molar refractivity (Wildman–Crippen MR) is 128 cm³/mol. The van der Waals surface area contributed by atoms with Crippen LogP contribution in [0.3, 0.4) is 0 Å². The monoisotopic (exact) mass is 465 g/mol. The van der Waals surface area contributed by atoms with Crippen molar-refractivity contribution in [2.45, 2.75) is 50.4 Å². The van der Waals surface area contributed by atoms with Crippen LogP contribution < -0.4 is 15.0 Å². The van der Waals surface area contributed by atoms with E-state index < -0.39 is 0 Å². The summed E-state index contributed by atoms with van der Waals surface area (Å²) in [4.78, 5) is 33.2. The quantitative estimate of drug-likeness (QED) is 0.404. The molecule has 8 heteroatoms. The van der Waals surface area contributed by atoms with Crippen LogP contribution in [0.4, 0.5) is 0 Å². The van der Waals surface area contributed by atoms with Crippen LogP contribution in [-0.2, 0) is 11.3 Å². The van der Waals surface area contributed by atoms with Crippen molar-refractivity contribution in [3.05, 3.63) is 58.4 Å². The second kappa shape index (κ2) is 9.47. The number of amides is 1. The van der Waals surface area contributed by atoms with Crippen molar-refractivity contribution in [3.63, 3.8) is 0 Å². The maximum Gasteiger partial charge on any atom is 0.262 e. The molecular formula is C25H27N3O4S. The molecule has 33 heavy (non-hydrogen) atoms. The number of fused-ring (bicyclic) bond motifs is 2. The number of nitrogens with zero attached hydrogens (tertiary/aromatic N) is 3. The van der Waals surface area contributed by atoms with E-state index >= 15 is 0 Å². The molecule has 1 aromatic heterocycles. The van der Waals surface area contributed by atoms with E-state index in [1.807, 2.05) is 41.3 Å². The van der Waals surface area contributed by atoms with E-state index in [0.29, 0.717) is 40.1 Å². The zero-order valence-electron chi connectivity index (χ0n) is 18.7. The van der Waals surface area contributed by atoms with Crippen molar-refractivity contribution in [3.8, 4) is 11.5 Å². The van der Waals surface area contributed by atoms with Gasteiger partial charge in [0.05, 0.1) is 23.2 Å². The van der Waals surface area contributed by atoms with Gasteiger partial charge in [-0.3, -0.25) is 14.2 Å². The largest absolute Gasteiger partial charge is 0.454 e. The summed E-state index contributed by atoms with van der Waals surface area (Å²) < 4.78 is 12.6. The highest BCUT2D eigenvalue weighted by Crippen LogP contribution is 2.33. The molecule has 0 spiro atoms. The molecule has 2 aliphatic rings. The van der Waals surface area contributed by atoms with Crippen LogP contribution in [0, 0.1) is 0 Å². The number of carbonyl (C=O) groups excluding carboxylic acids is 1. The highest BCUT2D eigenvalue weighted by atomic mass is 32.2. The van der Waals surface area contributed by atoms with Crippen LogP contribution in [0.25, 0.3) is 10.9 Å². The Morgan fingerprint density at radius 3 is 2.88 bits per heavy atom. The summed E-state index contributed by atoms with van der Waals surface area (Å²) >= 11 is 1.34. The molecule has 1 saturated heterocycles. The maximum absolute atomic E-state index is 13.4. The number of para-hydroxylation sites is 1. The van der Waals surface area contributed by atoms with E-state index in [-0.39, 0.29) is 24.0 Å². The molecule has 7 nitrogen and oxygen atoms in total. The highest BCUT2D eigenvalue weighted by molar-refractivity contribution is 7.99. The first kappa shape index (κ1) is 21.8. The average molecular weight is 466 g/mol. The third kappa shape index (κ3) is 4.44. The first-order chi connectivity index (χ1) is 16.1. The van der Waals surface area contributed by atoms with E-state index in [2.05, 4.69) is 6.92 Å². The summed E-state index contributed by atoms with van der Waals surface area (Å²) in [5.74, 6) is 1.76. The lowest BCUT2D eigenvalue weighted by atomic mass is 10.0. The van der Waals surface area contributed by atoms with Gasteiger partial charge in [-0.1, -0.05) is 36.9 Å². The van der Waals surface area contributed by atoms with Gasteiger partial charge in [-0.15, -0.1) is 0 Å². The Hall–Kier alpha value is -3.00. The predicted octanol–water partition coefficient (Wildman–Crippen LogP) is 4.06. The number of piperidine rings is 1. The molecule has 3 heterocycles. The minimum Gasteiger partial charge on any atom is -0.454 e. The normalized spacial score (nSPS) is 17.5. The average Bonchev–Trinajstić information content (AvgIpc) is 3.32. The van der Waals surface area contributed by atoms with Gasteiger partial charge in [-0.25, -0.2) is 4.98 Å². The lowest BCUT2D eigenvalue weighted by Gasteiger charge is -2.35. The summed E-state index contributed by atoms with van der Waals surface area (Å²) in [6.07, 6.45) is 4.27. The van der Waals surface area contributed by atoms with Crippen molar-refractivity contribution in [2.24, 2.45) is 0 Å². The van der Waals surface area contributed by atoms with E-state index in [4.69, 9.17) is 14.5 Å². The fourth-order valence-corrected chi connectivity index (χ4v) is 5.47. The molecule has 0 unspecified atom stereocenters. The van der Waals surface area contributed by atoms with E-state index in [1.165, 1.54) is 18.2 Å². The fourth-order valence-electron chi connectivity index (χ4n) is 4.58. The fraction of sp³-hybridized carbons (Fsp3) is 0.400. The number of ether oxygens (including phenoxy) is 2.